The Labute approximate surface area is 108 Å². The van der Waals surface area contributed by atoms with E-state index in [2.05, 4.69) is 0 Å². The topological polar surface area (TPSA) is 63.4 Å². The number of hydrogen-bond acceptors (Lipinski definition) is 3. The number of nitrogens with two attached hydrogens (primary N) is 1. The van der Waals surface area contributed by atoms with Crippen molar-refractivity contribution in [2.24, 2.45) is 5.84 Å². The van der Waals surface area contributed by atoms with Crippen molar-refractivity contribution in [3.8, 4) is 0 Å². The van der Waals surface area contributed by atoms with E-state index in [-0.39, 0.29) is 5.91 Å². The largest absolute Gasteiger partial charge is 0.298 e. The lowest BCUT2D eigenvalue weighted by atomic mass is 10.0. The molecule has 0 radical (unpaired) electrons. The zero-order valence-corrected chi connectivity index (χ0v) is 11.4. The van der Waals surface area contributed by atoms with Gasteiger partial charge in [0.25, 0.3) is 5.91 Å². The number of nitrogens with zero attached hydrogens (tertiary/aromatic N) is 1. The molecule has 0 saturated heterocycles. The van der Waals surface area contributed by atoms with Crippen molar-refractivity contribution in [2.75, 3.05) is 0 Å². The molecule has 1 amide bonds. The minimum absolute atomic E-state index is 0.333. The fourth-order valence-electron chi connectivity index (χ4n) is 1.55. The highest BCUT2D eigenvalue weighted by Gasteiger charge is 2.26. The molecule has 0 saturated carbocycles. The first-order valence-corrected chi connectivity index (χ1v) is 5.98. The second-order valence-corrected chi connectivity index (χ2v) is 5.24. The third-order valence-electron chi connectivity index (χ3n) is 2.82. The maximum atomic E-state index is 12.3. The molecule has 0 atom stereocenters. The van der Waals surface area contributed by atoms with Gasteiger partial charge in [-0.05, 0) is 38.8 Å². The van der Waals surface area contributed by atoms with Gasteiger partial charge in [0, 0.05) is 5.56 Å². The van der Waals surface area contributed by atoms with E-state index in [1.807, 2.05) is 33.8 Å². The Bertz CT molecular complexity index is 461. The van der Waals surface area contributed by atoms with Gasteiger partial charge in [-0.3, -0.25) is 14.6 Å². The highest BCUT2D eigenvalue weighted by atomic mass is 16.2. The molecule has 98 valence electrons. The summed E-state index contributed by atoms with van der Waals surface area (Å²) in [7, 11) is 0. The van der Waals surface area contributed by atoms with Gasteiger partial charge in [-0.25, -0.2) is 5.84 Å². The molecule has 1 aromatic carbocycles. The van der Waals surface area contributed by atoms with E-state index in [4.69, 9.17) is 5.84 Å². The molecule has 0 fully saturated rings. The molecule has 0 aliphatic heterocycles. The average Bonchev–Trinajstić information content (AvgIpc) is 2.35. The first kappa shape index (κ1) is 14.4. The number of hydrogen-bond donors (Lipinski definition) is 1. The highest BCUT2D eigenvalue weighted by molar-refractivity contribution is 6.01. The van der Waals surface area contributed by atoms with Crippen LogP contribution in [0.1, 0.15) is 54.0 Å². The number of amides is 1. The number of rotatable bonds is 3. The molecule has 4 nitrogen and oxygen atoms in total. The highest BCUT2D eigenvalue weighted by Crippen LogP contribution is 2.17. The SMILES string of the molecule is CCc1ccc(C=O)c(C(=O)N(N)C(C)(C)C)c1. The van der Waals surface area contributed by atoms with Gasteiger partial charge < -0.3 is 0 Å². The minimum Gasteiger partial charge on any atom is -0.298 e. The summed E-state index contributed by atoms with van der Waals surface area (Å²) in [5, 5.41) is 1.16. The molecule has 4 heteroatoms. The van der Waals surface area contributed by atoms with Crippen molar-refractivity contribution < 1.29 is 9.59 Å². The summed E-state index contributed by atoms with van der Waals surface area (Å²) in [6.45, 7) is 7.52. The predicted molar refractivity (Wildman–Crippen MR) is 71.3 cm³/mol. The zero-order chi connectivity index (χ0) is 13.9. The lowest BCUT2D eigenvalue weighted by molar-refractivity contribution is 0.0579. The molecule has 0 bridgehead atoms. The van der Waals surface area contributed by atoms with Gasteiger partial charge >= 0.3 is 0 Å². The van der Waals surface area contributed by atoms with Crippen LogP contribution in [0, 0.1) is 0 Å². The fourth-order valence-corrected chi connectivity index (χ4v) is 1.55. The standard InChI is InChI=1S/C14H20N2O2/c1-5-10-6-7-11(9-17)12(8-10)13(18)16(15)14(2,3)4/h6-9H,5,15H2,1-4H3. The van der Waals surface area contributed by atoms with Crippen LogP contribution in [0.15, 0.2) is 18.2 Å². The number of benzene rings is 1. The summed E-state index contributed by atoms with van der Waals surface area (Å²) in [4.78, 5) is 23.3. The van der Waals surface area contributed by atoms with Gasteiger partial charge in [0.15, 0.2) is 6.29 Å². The Kier molecular flexibility index (Phi) is 4.24. The summed E-state index contributed by atoms with van der Waals surface area (Å²) in [5.41, 5.74) is 1.25. The van der Waals surface area contributed by atoms with Crippen LogP contribution in [0.2, 0.25) is 0 Å². The molecule has 1 aromatic rings. The quantitative estimate of drug-likeness (QED) is 0.386. The zero-order valence-electron chi connectivity index (χ0n) is 11.4. The van der Waals surface area contributed by atoms with Crippen LogP contribution in [-0.4, -0.2) is 22.7 Å². The van der Waals surface area contributed by atoms with Gasteiger partial charge in [-0.2, -0.15) is 0 Å². The van der Waals surface area contributed by atoms with E-state index >= 15 is 0 Å². The van der Waals surface area contributed by atoms with E-state index in [0.717, 1.165) is 17.0 Å². The Hall–Kier alpha value is -1.68. The van der Waals surface area contributed by atoms with Crippen LogP contribution in [0.4, 0.5) is 0 Å². The lowest BCUT2D eigenvalue weighted by Gasteiger charge is -2.31. The van der Waals surface area contributed by atoms with Crippen molar-refractivity contribution in [1.29, 1.82) is 0 Å². The third kappa shape index (κ3) is 2.96. The first-order chi connectivity index (χ1) is 8.31. The first-order valence-electron chi connectivity index (χ1n) is 5.98. The summed E-state index contributed by atoms with van der Waals surface area (Å²) in [6, 6.07) is 5.24. The summed E-state index contributed by atoms with van der Waals surface area (Å²) < 4.78 is 0. The summed E-state index contributed by atoms with van der Waals surface area (Å²) in [5.74, 6) is 5.48. The Balaban J connectivity index is 3.22. The number of hydrazine groups is 1. The normalized spacial score (nSPS) is 11.2. The van der Waals surface area contributed by atoms with Gasteiger partial charge in [-0.1, -0.05) is 19.1 Å². The molecule has 18 heavy (non-hydrogen) atoms. The number of carbonyl (C=O) groups is 2. The van der Waals surface area contributed by atoms with Crippen molar-refractivity contribution in [2.45, 2.75) is 39.7 Å². The van der Waals surface area contributed by atoms with E-state index in [1.54, 1.807) is 12.1 Å². The average molecular weight is 248 g/mol. The maximum Gasteiger partial charge on any atom is 0.268 e. The predicted octanol–water partition coefficient (Wildman–Crippen LogP) is 2.18. The van der Waals surface area contributed by atoms with Gasteiger partial charge in [0.2, 0.25) is 0 Å². The molecular formula is C14H20N2O2. The summed E-state index contributed by atoms with van der Waals surface area (Å²) in [6.07, 6.45) is 1.49. The molecule has 0 spiro atoms. The maximum absolute atomic E-state index is 12.3. The van der Waals surface area contributed by atoms with Gasteiger partial charge in [0.1, 0.15) is 0 Å². The molecule has 0 aromatic heterocycles. The Morgan fingerprint density at radius 3 is 2.44 bits per heavy atom. The number of aldehydes is 1. The van der Waals surface area contributed by atoms with Crippen LogP contribution in [-0.2, 0) is 6.42 Å². The van der Waals surface area contributed by atoms with Crippen molar-refractivity contribution in [3.05, 3.63) is 34.9 Å². The molecule has 1 rings (SSSR count). The minimum atomic E-state index is -0.487. The van der Waals surface area contributed by atoms with Crippen LogP contribution in [0.25, 0.3) is 0 Å². The van der Waals surface area contributed by atoms with Crippen molar-refractivity contribution >= 4 is 12.2 Å². The van der Waals surface area contributed by atoms with Gasteiger partial charge in [-0.15, -0.1) is 0 Å². The third-order valence-corrected chi connectivity index (χ3v) is 2.82. The molecule has 2 N–H and O–H groups in total. The lowest BCUT2D eigenvalue weighted by Crippen LogP contribution is -2.50. The fraction of sp³-hybridized carbons (Fsp3) is 0.429. The van der Waals surface area contributed by atoms with Crippen LogP contribution in [0.5, 0.6) is 0 Å². The number of aryl methyl sites for hydroxylation is 1. The molecule has 0 aliphatic rings. The van der Waals surface area contributed by atoms with Gasteiger partial charge in [0.05, 0.1) is 11.1 Å². The van der Waals surface area contributed by atoms with E-state index in [9.17, 15) is 9.59 Å². The van der Waals surface area contributed by atoms with Crippen molar-refractivity contribution in [1.82, 2.24) is 5.01 Å². The van der Waals surface area contributed by atoms with Crippen LogP contribution >= 0.6 is 0 Å². The molecule has 0 heterocycles. The van der Waals surface area contributed by atoms with E-state index in [0.29, 0.717) is 17.4 Å². The number of carbonyl (C=O) groups excluding carboxylic acids is 2. The second-order valence-electron chi connectivity index (χ2n) is 5.24. The Morgan fingerprint density at radius 2 is 2.00 bits per heavy atom. The summed E-state index contributed by atoms with van der Waals surface area (Å²) >= 11 is 0. The van der Waals surface area contributed by atoms with E-state index < -0.39 is 5.54 Å². The van der Waals surface area contributed by atoms with Crippen LogP contribution < -0.4 is 5.84 Å². The van der Waals surface area contributed by atoms with E-state index in [1.165, 1.54) is 0 Å². The Morgan fingerprint density at radius 1 is 1.39 bits per heavy atom. The molecule has 0 unspecified atom stereocenters. The monoisotopic (exact) mass is 248 g/mol. The smallest absolute Gasteiger partial charge is 0.268 e. The molecular weight excluding hydrogens is 228 g/mol. The van der Waals surface area contributed by atoms with Crippen molar-refractivity contribution in [3.63, 3.8) is 0 Å². The molecule has 0 aliphatic carbocycles. The van der Waals surface area contributed by atoms with Crippen LogP contribution in [0.3, 0.4) is 0 Å². The second kappa shape index (κ2) is 5.31.